The van der Waals surface area contributed by atoms with Gasteiger partial charge in [0.1, 0.15) is 5.75 Å². The van der Waals surface area contributed by atoms with Crippen LogP contribution in [0.1, 0.15) is 19.4 Å². The molecule has 0 saturated carbocycles. The zero-order valence-electron chi connectivity index (χ0n) is 13.8. The largest absolute Gasteiger partial charge is 0.479 e. The van der Waals surface area contributed by atoms with Gasteiger partial charge in [0.25, 0.3) is 5.91 Å². The van der Waals surface area contributed by atoms with Gasteiger partial charge < -0.3 is 15.0 Å². The van der Waals surface area contributed by atoms with Crippen molar-refractivity contribution in [3.63, 3.8) is 0 Å². The van der Waals surface area contributed by atoms with Crippen molar-refractivity contribution in [1.29, 1.82) is 0 Å². The number of rotatable bonds is 4. The topological polar surface area (TPSA) is 58.6 Å². The first-order valence-electron chi connectivity index (χ1n) is 8.04. The Bertz CT molecular complexity index is 758. The molecule has 2 aromatic carbocycles. The fraction of sp³-hybridized carbons (Fsp3) is 0.263. The van der Waals surface area contributed by atoms with Crippen molar-refractivity contribution in [3.8, 4) is 5.75 Å². The number of carbonyl (C=O) groups is 2. The molecule has 1 atom stereocenters. The Morgan fingerprint density at radius 1 is 1.21 bits per heavy atom. The molecule has 5 nitrogen and oxygen atoms in total. The molecule has 1 heterocycles. The number of nitrogens with zero attached hydrogens (tertiary/aromatic N) is 1. The second-order valence-electron chi connectivity index (χ2n) is 5.74. The molecule has 24 heavy (non-hydrogen) atoms. The molecule has 5 heteroatoms. The molecular weight excluding hydrogens is 304 g/mol. The fourth-order valence-corrected chi connectivity index (χ4v) is 2.80. The highest BCUT2D eigenvalue weighted by atomic mass is 16.5. The molecule has 0 radical (unpaired) electrons. The molecule has 0 aromatic heterocycles. The van der Waals surface area contributed by atoms with E-state index in [9.17, 15) is 9.59 Å². The highest BCUT2D eigenvalue weighted by Crippen LogP contribution is 2.36. The number of benzene rings is 2. The van der Waals surface area contributed by atoms with Crippen LogP contribution in [0, 0.1) is 0 Å². The Morgan fingerprint density at radius 3 is 2.67 bits per heavy atom. The van der Waals surface area contributed by atoms with E-state index in [0.29, 0.717) is 30.1 Å². The molecule has 2 amide bonds. The van der Waals surface area contributed by atoms with Gasteiger partial charge in [0, 0.05) is 12.2 Å². The summed E-state index contributed by atoms with van der Waals surface area (Å²) < 4.78 is 5.63. The SMILES string of the molecule is CCN1C(=O)C(C)Oc2ccc(NC(=O)Cc3ccccc3)cc21. The monoisotopic (exact) mass is 324 g/mol. The van der Waals surface area contributed by atoms with Crippen LogP contribution in [0.15, 0.2) is 48.5 Å². The first kappa shape index (κ1) is 16.1. The lowest BCUT2D eigenvalue weighted by Crippen LogP contribution is -2.44. The highest BCUT2D eigenvalue weighted by molar-refractivity contribution is 6.01. The number of ether oxygens (including phenoxy) is 1. The quantitative estimate of drug-likeness (QED) is 0.940. The number of hydrogen-bond acceptors (Lipinski definition) is 3. The Balaban J connectivity index is 1.77. The van der Waals surface area contributed by atoms with E-state index < -0.39 is 6.10 Å². The van der Waals surface area contributed by atoms with Gasteiger partial charge in [-0.3, -0.25) is 9.59 Å². The second-order valence-corrected chi connectivity index (χ2v) is 5.74. The van der Waals surface area contributed by atoms with E-state index in [4.69, 9.17) is 4.74 Å². The van der Waals surface area contributed by atoms with Crippen LogP contribution >= 0.6 is 0 Å². The summed E-state index contributed by atoms with van der Waals surface area (Å²) >= 11 is 0. The number of carbonyl (C=O) groups excluding carboxylic acids is 2. The van der Waals surface area contributed by atoms with E-state index >= 15 is 0 Å². The molecule has 1 unspecified atom stereocenters. The fourth-order valence-electron chi connectivity index (χ4n) is 2.80. The third-order valence-corrected chi connectivity index (χ3v) is 3.97. The van der Waals surface area contributed by atoms with E-state index in [2.05, 4.69) is 5.32 Å². The van der Waals surface area contributed by atoms with Gasteiger partial charge in [-0.05, 0) is 37.6 Å². The number of amides is 2. The van der Waals surface area contributed by atoms with Crippen molar-refractivity contribution in [2.24, 2.45) is 0 Å². The van der Waals surface area contributed by atoms with Crippen molar-refractivity contribution in [3.05, 3.63) is 54.1 Å². The number of fused-ring (bicyclic) bond motifs is 1. The minimum absolute atomic E-state index is 0.0715. The summed E-state index contributed by atoms with van der Waals surface area (Å²) in [4.78, 5) is 26.1. The van der Waals surface area contributed by atoms with E-state index in [0.717, 1.165) is 5.56 Å². The first-order valence-corrected chi connectivity index (χ1v) is 8.04. The Hall–Kier alpha value is -2.82. The Morgan fingerprint density at radius 2 is 1.96 bits per heavy atom. The van der Waals surface area contributed by atoms with Crippen LogP contribution in [0.25, 0.3) is 0 Å². The molecule has 1 aliphatic heterocycles. The molecule has 0 fully saturated rings. The smallest absolute Gasteiger partial charge is 0.267 e. The molecular formula is C19H20N2O3. The van der Waals surface area contributed by atoms with Crippen molar-refractivity contribution in [2.45, 2.75) is 26.4 Å². The average molecular weight is 324 g/mol. The molecule has 1 aliphatic rings. The van der Waals surface area contributed by atoms with Crippen LogP contribution in [-0.4, -0.2) is 24.5 Å². The zero-order chi connectivity index (χ0) is 17.1. The van der Waals surface area contributed by atoms with Crippen LogP contribution in [0.4, 0.5) is 11.4 Å². The molecule has 0 aliphatic carbocycles. The Labute approximate surface area is 141 Å². The van der Waals surface area contributed by atoms with Gasteiger partial charge in [-0.15, -0.1) is 0 Å². The maximum Gasteiger partial charge on any atom is 0.267 e. The molecule has 1 N–H and O–H groups in total. The van der Waals surface area contributed by atoms with Crippen LogP contribution in [0.5, 0.6) is 5.75 Å². The third kappa shape index (κ3) is 3.25. The van der Waals surface area contributed by atoms with Gasteiger partial charge in [0.15, 0.2) is 6.10 Å². The van der Waals surface area contributed by atoms with Gasteiger partial charge in [0.2, 0.25) is 5.91 Å². The molecule has 3 rings (SSSR count). The van der Waals surface area contributed by atoms with Crippen molar-refractivity contribution >= 4 is 23.2 Å². The van der Waals surface area contributed by atoms with Gasteiger partial charge in [-0.25, -0.2) is 0 Å². The summed E-state index contributed by atoms with van der Waals surface area (Å²) in [6.07, 6.45) is -0.182. The maximum absolute atomic E-state index is 12.2. The summed E-state index contributed by atoms with van der Waals surface area (Å²) in [6, 6.07) is 14.9. The highest BCUT2D eigenvalue weighted by Gasteiger charge is 2.30. The van der Waals surface area contributed by atoms with Crippen LogP contribution in [-0.2, 0) is 16.0 Å². The lowest BCUT2D eigenvalue weighted by Gasteiger charge is -2.32. The first-order chi connectivity index (χ1) is 11.6. The number of hydrogen-bond donors (Lipinski definition) is 1. The number of likely N-dealkylation sites (N-methyl/N-ethyl adjacent to an activating group) is 1. The summed E-state index contributed by atoms with van der Waals surface area (Å²) in [5, 5.41) is 2.88. The van der Waals surface area contributed by atoms with Crippen LogP contribution < -0.4 is 15.0 Å². The van der Waals surface area contributed by atoms with Gasteiger partial charge >= 0.3 is 0 Å². The van der Waals surface area contributed by atoms with Crippen LogP contribution in [0.3, 0.4) is 0 Å². The van der Waals surface area contributed by atoms with Gasteiger partial charge in [0.05, 0.1) is 12.1 Å². The normalized spacial score (nSPS) is 16.3. The van der Waals surface area contributed by atoms with Gasteiger partial charge in [-0.2, -0.15) is 0 Å². The second kappa shape index (κ2) is 6.74. The minimum Gasteiger partial charge on any atom is -0.479 e. The molecule has 124 valence electrons. The third-order valence-electron chi connectivity index (χ3n) is 3.97. The molecule has 0 spiro atoms. The van der Waals surface area contributed by atoms with Crippen molar-refractivity contribution in [1.82, 2.24) is 0 Å². The molecule has 0 bridgehead atoms. The van der Waals surface area contributed by atoms with Crippen molar-refractivity contribution in [2.75, 3.05) is 16.8 Å². The summed E-state index contributed by atoms with van der Waals surface area (Å²) in [6.45, 7) is 4.21. The number of anilines is 2. The maximum atomic E-state index is 12.2. The Kier molecular flexibility index (Phi) is 4.51. The summed E-state index contributed by atoms with van der Waals surface area (Å²) in [5.41, 5.74) is 2.30. The average Bonchev–Trinajstić information content (AvgIpc) is 2.57. The van der Waals surface area contributed by atoms with Crippen molar-refractivity contribution < 1.29 is 14.3 Å². The minimum atomic E-state index is -0.490. The molecule has 0 saturated heterocycles. The standard InChI is InChI=1S/C19H20N2O3/c1-3-21-16-12-15(9-10-17(16)24-13(2)19(21)23)20-18(22)11-14-7-5-4-6-8-14/h4-10,12-13H,3,11H2,1-2H3,(H,20,22). The lowest BCUT2D eigenvalue weighted by atomic mass is 10.1. The van der Waals surface area contributed by atoms with Crippen LogP contribution in [0.2, 0.25) is 0 Å². The number of nitrogens with one attached hydrogen (secondary N) is 1. The summed E-state index contributed by atoms with van der Waals surface area (Å²) in [7, 11) is 0. The van der Waals surface area contributed by atoms with Gasteiger partial charge in [-0.1, -0.05) is 30.3 Å². The predicted octanol–water partition coefficient (Wildman–Crippen LogP) is 3.00. The van der Waals surface area contributed by atoms with E-state index in [1.807, 2.05) is 37.3 Å². The zero-order valence-corrected chi connectivity index (χ0v) is 13.8. The van der Waals surface area contributed by atoms with E-state index in [-0.39, 0.29) is 11.8 Å². The molecule has 2 aromatic rings. The predicted molar refractivity (Wildman–Crippen MR) is 93.3 cm³/mol. The lowest BCUT2D eigenvalue weighted by molar-refractivity contribution is -0.125. The summed E-state index contributed by atoms with van der Waals surface area (Å²) in [5.74, 6) is 0.489. The van der Waals surface area contributed by atoms with E-state index in [1.54, 1.807) is 30.0 Å². The van der Waals surface area contributed by atoms with E-state index in [1.165, 1.54) is 0 Å².